The third-order valence-electron chi connectivity index (χ3n) is 3.35. The first-order valence-corrected chi connectivity index (χ1v) is 7.46. The van der Waals surface area contributed by atoms with Gasteiger partial charge in [-0.25, -0.2) is 4.79 Å². The molecule has 2 amide bonds. The topological polar surface area (TPSA) is 59.1 Å². The van der Waals surface area contributed by atoms with Crippen LogP contribution in [0.1, 0.15) is 33.6 Å². The van der Waals surface area contributed by atoms with E-state index in [1.165, 1.54) is 4.90 Å². The molecule has 0 radical (unpaired) electrons. The Morgan fingerprint density at radius 3 is 2.48 bits per heavy atom. The molecule has 2 rings (SSSR count). The van der Waals surface area contributed by atoms with Crippen LogP contribution >= 0.6 is 0 Å². The molecule has 0 aromatic rings. The van der Waals surface area contributed by atoms with Gasteiger partial charge in [-0.1, -0.05) is 6.08 Å². The maximum Gasteiger partial charge on any atom is 0.414 e. The second-order valence-corrected chi connectivity index (χ2v) is 6.27. The van der Waals surface area contributed by atoms with Crippen LogP contribution in [0.25, 0.3) is 0 Å². The van der Waals surface area contributed by atoms with Crippen LogP contribution in [0, 0.1) is 0 Å². The van der Waals surface area contributed by atoms with E-state index >= 15 is 0 Å². The predicted octanol–water partition coefficient (Wildman–Crippen LogP) is 1.76. The molecule has 6 nitrogen and oxygen atoms in total. The van der Waals surface area contributed by atoms with Gasteiger partial charge in [0.1, 0.15) is 11.3 Å². The van der Waals surface area contributed by atoms with E-state index in [1.807, 2.05) is 26.8 Å². The number of amides is 2. The van der Waals surface area contributed by atoms with Crippen molar-refractivity contribution in [3.8, 4) is 0 Å². The van der Waals surface area contributed by atoms with Crippen LogP contribution in [0.5, 0.6) is 0 Å². The number of morpholine rings is 1. The summed E-state index contributed by atoms with van der Waals surface area (Å²) >= 11 is 0. The zero-order chi connectivity index (χ0) is 15.5. The van der Waals surface area contributed by atoms with E-state index in [-0.39, 0.29) is 5.91 Å². The summed E-state index contributed by atoms with van der Waals surface area (Å²) in [6.45, 7) is 8.22. The van der Waals surface area contributed by atoms with Gasteiger partial charge < -0.3 is 14.4 Å². The fourth-order valence-electron chi connectivity index (χ4n) is 2.36. The standard InChI is InChI=1S/C15H24N2O4/c1-15(2,3)21-14(19)17-7-5-4-6-12(17)13(18)16-8-10-20-11-9-16/h6H,4-5,7-11H2,1-3H3. The molecule has 0 aromatic heterocycles. The molecule has 1 saturated heterocycles. The Kier molecular flexibility index (Phi) is 4.88. The number of ether oxygens (including phenoxy) is 2. The van der Waals surface area contributed by atoms with Crippen molar-refractivity contribution in [1.29, 1.82) is 0 Å². The van der Waals surface area contributed by atoms with Crippen LogP contribution in [0.2, 0.25) is 0 Å². The Hall–Kier alpha value is -1.56. The van der Waals surface area contributed by atoms with Gasteiger partial charge in [-0.3, -0.25) is 9.69 Å². The lowest BCUT2D eigenvalue weighted by molar-refractivity contribution is -0.133. The van der Waals surface area contributed by atoms with E-state index in [9.17, 15) is 9.59 Å². The SMILES string of the molecule is CC(C)(C)OC(=O)N1CCCC=C1C(=O)N1CCOCC1. The Bertz CT molecular complexity index is 433. The Morgan fingerprint density at radius 1 is 1.19 bits per heavy atom. The second-order valence-electron chi connectivity index (χ2n) is 6.27. The lowest BCUT2D eigenvalue weighted by atomic mass is 10.1. The predicted molar refractivity (Wildman–Crippen MR) is 77.7 cm³/mol. The van der Waals surface area contributed by atoms with Crippen LogP contribution in [0.15, 0.2) is 11.8 Å². The molecule has 2 aliphatic heterocycles. The fourth-order valence-corrected chi connectivity index (χ4v) is 2.36. The second kappa shape index (κ2) is 6.47. The highest BCUT2D eigenvalue weighted by atomic mass is 16.6. The molecule has 2 heterocycles. The Labute approximate surface area is 125 Å². The number of rotatable bonds is 1. The lowest BCUT2D eigenvalue weighted by Gasteiger charge is -2.34. The van der Waals surface area contributed by atoms with Gasteiger partial charge in [0.25, 0.3) is 5.91 Å². The summed E-state index contributed by atoms with van der Waals surface area (Å²) in [7, 11) is 0. The summed E-state index contributed by atoms with van der Waals surface area (Å²) in [5, 5.41) is 0. The third kappa shape index (κ3) is 4.20. The van der Waals surface area contributed by atoms with E-state index in [1.54, 1.807) is 4.90 Å². The smallest absolute Gasteiger partial charge is 0.414 e. The number of hydrogen-bond acceptors (Lipinski definition) is 4. The van der Waals surface area contributed by atoms with Crippen LogP contribution in [0.3, 0.4) is 0 Å². The fraction of sp³-hybridized carbons (Fsp3) is 0.733. The summed E-state index contributed by atoms with van der Waals surface area (Å²) in [4.78, 5) is 28.1. The van der Waals surface area contributed by atoms with Crippen molar-refractivity contribution in [2.75, 3.05) is 32.8 Å². The minimum atomic E-state index is -0.568. The van der Waals surface area contributed by atoms with Gasteiger partial charge in [-0.05, 0) is 33.6 Å². The first-order valence-electron chi connectivity index (χ1n) is 7.46. The van der Waals surface area contributed by atoms with E-state index in [0.29, 0.717) is 38.5 Å². The van der Waals surface area contributed by atoms with Crippen molar-refractivity contribution in [3.05, 3.63) is 11.8 Å². The molecule has 6 heteroatoms. The largest absolute Gasteiger partial charge is 0.443 e. The van der Waals surface area contributed by atoms with Crippen molar-refractivity contribution in [3.63, 3.8) is 0 Å². The summed E-state index contributed by atoms with van der Waals surface area (Å²) in [6, 6.07) is 0. The Balaban J connectivity index is 2.09. The van der Waals surface area contributed by atoms with Crippen molar-refractivity contribution in [2.24, 2.45) is 0 Å². The van der Waals surface area contributed by atoms with Crippen molar-refractivity contribution >= 4 is 12.0 Å². The molecule has 118 valence electrons. The van der Waals surface area contributed by atoms with Gasteiger partial charge in [-0.15, -0.1) is 0 Å². The molecule has 0 bridgehead atoms. The molecular formula is C15H24N2O4. The van der Waals surface area contributed by atoms with Crippen LogP contribution in [-0.2, 0) is 14.3 Å². The monoisotopic (exact) mass is 296 g/mol. The van der Waals surface area contributed by atoms with Crippen molar-refractivity contribution in [1.82, 2.24) is 9.80 Å². The number of carbonyl (C=O) groups excluding carboxylic acids is 2. The maximum absolute atomic E-state index is 12.6. The number of allylic oxidation sites excluding steroid dienone is 1. The highest BCUT2D eigenvalue weighted by molar-refractivity contribution is 5.96. The molecule has 0 atom stereocenters. The molecule has 2 aliphatic rings. The minimum Gasteiger partial charge on any atom is -0.443 e. The molecule has 0 N–H and O–H groups in total. The molecule has 21 heavy (non-hydrogen) atoms. The van der Waals surface area contributed by atoms with E-state index in [2.05, 4.69) is 0 Å². The summed E-state index contributed by atoms with van der Waals surface area (Å²) in [5.74, 6) is -0.108. The van der Waals surface area contributed by atoms with Gasteiger partial charge in [-0.2, -0.15) is 0 Å². The van der Waals surface area contributed by atoms with E-state index in [4.69, 9.17) is 9.47 Å². The van der Waals surface area contributed by atoms with Gasteiger partial charge in [0.05, 0.1) is 13.2 Å². The summed E-state index contributed by atoms with van der Waals surface area (Å²) < 4.78 is 10.7. The molecular weight excluding hydrogens is 272 g/mol. The molecule has 1 fully saturated rings. The van der Waals surface area contributed by atoms with Crippen LogP contribution in [-0.4, -0.2) is 60.2 Å². The first-order chi connectivity index (χ1) is 9.88. The van der Waals surface area contributed by atoms with Crippen LogP contribution < -0.4 is 0 Å². The first kappa shape index (κ1) is 15.8. The van der Waals surface area contributed by atoms with Gasteiger partial charge >= 0.3 is 6.09 Å². The quantitative estimate of drug-likeness (QED) is 0.740. The Morgan fingerprint density at radius 2 is 1.86 bits per heavy atom. The van der Waals surface area contributed by atoms with Crippen molar-refractivity contribution in [2.45, 2.75) is 39.2 Å². The van der Waals surface area contributed by atoms with Crippen molar-refractivity contribution < 1.29 is 19.1 Å². The average Bonchev–Trinajstić information content (AvgIpc) is 2.45. The number of hydrogen-bond donors (Lipinski definition) is 0. The number of nitrogens with zero attached hydrogens (tertiary/aromatic N) is 2. The molecule has 0 aliphatic carbocycles. The maximum atomic E-state index is 12.6. The molecule has 0 aromatic carbocycles. The number of carbonyl (C=O) groups is 2. The average molecular weight is 296 g/mol. The minimum absolute atomic E-state index is 0.108. The molecule has 0 saturated carbocycles. The normalized spacial score (nSPS) is 20.0. The summed E-state index contributed by atoms with van der Waals surface area (Å²) in [6.07, 6.45) is 3.05. The van der Waals surface area contributed by atoms with Gasteiger partial charge in [0.2, 0.25) is 0 Å². The zero-order valence-electron chi connectivity index (χ0n) is 13.1. The van der Waals surface area contributed by atoms with Gasteiger partial charge in [0.15, 0.2) is 0 Å². The highest BCUT2D eigenvalue weighted by Crippen LogP contribution is 2.21. The molecule has 0 unspecified atom stereocenters. The lowest BCUT2D eigenvalue weighted by Crippen LogP contribution is -2.47. The van der Waals surface area contributed by atoms with Gasteiger partial charge in [0, 0.05) is 19.6 Å². The van der Waals surface area contributed by atoms with E-state index < -0.39 is 11.7 Å². The molecule has 0 spiro atoms. The zero-order valence-corrected chi connectivity index (χ0v) is 13.1. The van der Waals surface area contributed by atoms with E-state index in [0.717, 1.165) is 12.8 Å². The third-order valence-corrected chi connectivity index (χ3v) is 3.35. The highest BCUT2D eigenvalue weighted by Gasteiger charge is 2.32. The summed E-state index contributed by atoms with van der Waals surface area (Å²) in [5.41, 5.74) is -0.126. The van der Waals surface area contributed by atoms with Crippen LogP contribution in [0.4, 0.5) is 4.79 Å².